The molecule has 0 radical (unpaired) electrons. The number of hydrogen-bond acceptors (Lipinski definition) is 4. The molecule has 0 spiro atoms. The molecular formula is C6H11NO2S. The van der Waals surface area contributed by atoms with Gasteiger partial charge >= 0.3 is 0 Å². The summed E-state index contributed by atoms with van der Waals surface area (Å²) in [5.74, 6) is 0. The molecule has 0 fully saturated rings. The summed E-state index contributed by atoms with van der Waals surface area (Å²) in [6.07, 6.45) is 2.68. The molecule has 1 atom stereocenters. The Labute approximate surface area is 64.4 Å². The zero-order valence-corrected chi connectivity index (χ0v) is 6.94. The van der Waals surface area contributed by atoms with E-state index in [1.54, 1.807) is 11.8 Å². The van der Waals surface area contributed by atoms with Crippen molar-refractivity contribution < 1.29 is 9.94 Å². The molecule has 0 aromatic rings. The third kappa shape index (κ3) is 1.44. The molecule has 0 aromatic carbocycles. The largest absolute Gasteiger partial charge is 0.392 e. The topological polar surface area (TPSA) is 41.8 Å². The van der Waals surface area contributed by atoms with Crippen molar-refractivity contribution in [2.24, 2.45) is 5.16 Å². The third-order valence-electron chi connectivity index (χ3n) is 1.46. The maximum atomic E-state index is 8.83. The van der Waals surface area contributed by atoms with E-state index < -0.39 is 5.60 Å². The first-order valence-electron chi connectivity index (χ1n) is 3.10. The van der Waals surface area contributed by atoms with E-state index in [4.69, 9.17) is 9.94 Å². The second-order valence-corrected chi connectivity index (χ2v) is 3.44. The first-order chi connectivity index (χ1) is 4.70. The molecule has 58 valence electrons. The van der Waals surface area contributed by atoms with Crippen LogP contribution in [0, 0.1) is 0 Å². The molecule has 0 saturated carbocycles. The number of oxime groups is 1. The van der Waals surface area contributed by atoms with E-state index in [2.05, 4.69) is 5.16 Å². The smallest absolute Gasteiger partial charge is 0.163 e. The van der Waals surface area contributed by atoms with Crippen LogP contribution in [0.25, 0.3) is 0 Å². The van der Waals surface area contributed by atoms with E-state index in [0.29, 0.717) is 0 Å². The van der Waals surface area contributed by atoms with Crippen LogP contribution in [-0.2, 0) is 4.84 Å². The predicted molar refractivity (Wildman–Crippen MR) is 42.1 cm³/mol. The zero-order valence-electron chi connectivity index (χ0n) is 6.13. The quantitative estimate of drug-likeness (QED) is 0.619. The number of aliphatic hydroxyl groups excluding tert-OH is 1. The predicted octanol–water partition coefficient (Wildman–Crippen LogP) is 0.834. The van der Waals surface area contributed by atoms with Crippen LogP contribution >= 0.6 is 11.8 Å². The average molecular weight is 161 g/mol. The molecule has 0 aromatic heterocycles. The van der Waals surface area contributed by atoms with Gasteiger partial charge in [0.05, 0.1) is 6.61 Å². The van der Waals surface area contributed by atoms with Gasteiger partial charge in [-0.2, -0.15) is 0 Å². The molecule has 0 amide bonds. The summed E-state index contributed by atoms with van der Waals surface area (Å²) in [6, 6.07) is 0. The summed E-state index contributed by atoms with van der Waals surface area (Å²) in [5, 5.41) is 13.6. The third-order valence-corrected chi connectivity index (χ3v) is 2.15. The number of nitrogens with zero attached hydrogens (tertiary/aromatic N) is 1. The van der Waals surface area contributed by atoms with Gasteiger partial charge in [-0.05, 0) is 13.2 Å². The summed E-state index contributed by atoms with van der Waals surface area (Å²) < 4.78 is 0. The maximum absolute atomic E-state index is 8.83. The van der Waals surface area contributed by atoms with Crippen LogP contribution in [0.3, 0.4) is 0 Å². The van der Waals surface area contributed by atoms with Gasteiger partial charge in [0.2, 0.25) is 0 Å². The fourth-order valence-electron chi connectivity index (χ4n) is 0.740. The zero-order chi connectivity index (χ0) is 7.61. The number of rotatable bonds is 1. The van der Waals surface area contributed by atoms with Crippen molar-refractivity contribution in [1.82, 2.24) is 0 Å². The summed E-state index contributed by atoms with van der Waals surface area (Å²) >= 11 is 1.56. The summed E-state index contributed by atoms with van der Waals surface area (Å²) in [5.41, 5.74) is -0.460. The lowest BCUT2D eigenvalue weighted by atomic mass is 10.1. The Kier molecular flexibility index (Phi) is 2.21. The molecule has 3 nitrogen and oxygen atoms in total. The summed E-state index contributed by atoms with van der Waals surface area (Å²) in [7, 11) is 0. The molecule has 1 rings (SSSR count). The van der Waals surface area contributed by atoms with Gasteiger partial charge in [-0.1, -0.05) is 5.16 Å². The van der Waals surface area contributed by atoms with E-state index in [-0.39, 0.29) is 6.61 Å². The van der Waals surface area contributed by atoms with E-state index in [1.165, 1.54) is 0 Å². The summed E-state index contributed by atoms with van der Waals surface area (Å²) in [6.45, 7) is 1.88. The van der Waals surface area contributed by atoms with Crippen LogP contribution in [0.4, 0.5) is 0 Å². The highest BCUT2D eigenvalue weighted by Gasteiger charge is 2.32. The molecule has 10 heavy (non-hydrogen) atoms. The lowest BCUT2D eigenvalue weighted by molar-refractivity contribution is -0.0428. The fraction of sp³-hybridized carbons (Fsp3) is 0.833. The molecule has 0 aliphatic carbocycles. The molecule has 1 aliphatic rings. The van der Waals surface area contributed by atoms with Crippen LogP contribution in [0.15, 0.2) is 5.16 Å². The highest BCUT2D eigenvalue weighted by molar-refractivity contribution is 8.13. The lowest BCUT2D eigenvalue weighted by Gasteiger charge is -2.16. The SMILES string of the molecule is CSC1=NOC(C)(CO)C1. The highest BCUT2D eigenvalue weighted by Crippen LogP contribution is 2.26. The van der Waals surface area contributed by atoms with E-state index in [1.807, 2.05) is 13.2 Å². The lowest BCUT2D eigenvalue weighted by Crippen LogP contribution is -2.28. The van der Waals surface area contributed by atoms with Crippen molar-refractivity contribution in [3.05, 3.63) is 0 Å². The average Bonchev–Trinajstić information content (AvgIpc) is 2.33. The van der Waals surface area contributed by atoms with E-state index in [9.17, 15) is 0 Å². The monoisotopic (exact) mass is 161 g/mol. The van der Waals surface area contributed by atoms with Gasteiger partial charge in [0, 0.05) is 6.42 Å². The van der Waals surface area contributed by atoms with Crippen LogP contribution < -0.4 is 0 Å². The summed E-state index contributed by atoms with van der Waals surface area (Å²) in [4.78, 5) is 5.01. The van der Waals surface area contributed by atoms with Crippen molar-refractivity contribution in [3.63, 3.8) is 0 Å². The maximum Gasteiger partial charge on any atom is 0.163 e. The van der Waals surface area contributed by atoms with Crippen LogP contribution in [0.2, 0.25) is 0 Å². The molecule has 0 saturated heterocycles. The molecule has 1 heterocycles. The Morgan fingerprint density at radius 1 is 1.90 bits per heavy atom. The van der Waals surface area contributed by atoms with Gasteiger partial charge < -0.3 is 9.94 Å². The number of hydrogen-bond donors (Lipinski definition) is 1. The van der Waals surface area contributed by atoms with Gasteiger partial charge in [-0.3, -0.25) is 0 Å². The molecule has 4 heteroatoms. The second-order valence-electron chi connectivity index (χ2n) is 2.57. The van der Waals surface area contributed by atoms with Gasteiger partial charge in [0.1, 0.15) is 5.04 Å². The van der Waals surface area contributed by atoms with Gasteiger partial charge in [-0.25, -0.2) is 0 Å². The number of thioether (sulfide) groups is 1. The molecule has 1 unspecified atom stereocenters. The Morgan fingerprint density at radius 3 is 2.90 bits per heavy atom. The molecule has 1 aliphatic heterocycles. The first kappa shape index (κ1) is 7.88. The number of aliphatic hydroxyl groups is 1. The van der Waals surface area contributed by atoms with Crippen molar-refractivity contribution in [2.45, 2.75) is 18.9 Å². The van der Waals surface area contributed by atoms with Gasteiger partial charge in [0.25, 0.3) is 0 Å². The Hall–Kier alpha value is -0.220. The Bertz CT molecular complexity index is 160. The molecule has 1 N–H and O–H groups in total. The van der Waals surface area contributed by atoms with Crippen molar-refractivity contribution in [2.75, 3.05) is 12.9 Å². The normalized spacial score (nSPS) is 31.7. The Balaban J connectivity index is 2.49. The van der Waals surface area contributed by atoms with Gasteiger partial charge in [-0.15, -0.1) is 11.8 Å². The van der Waals surface area contributed by atoms with Gasteiger partial charge in [0.15, 0.2) is 5.60 Å². The Morgan fingerprint density at radius 2 is 2.60 bits per heavy atom. The van der Waals surface area contributed by atoms with E-state index in [0.717, 1.165) is 11.5 Å². The van der Waals surface area contributed by atoms with Crippen LogP contribution in [-0.4, -0.2) is 28.6 Å². The minimum atomic E-state index is -0.460. The van der Waals surface area contributed by atoms with Crippen molar-refractivity contribution in [1.29, 1.82) is 0 Å². The van der Waals surface area contributed by atoms with Crippen LogP contribution in [0.5, 0.6) is 0 Å². The standard InChI is InChI=1S/C6H11NO2S/c1-6(4-8)3-5(10-2)7-9-6/h8H,3-4H2,1-2H3. The van der Waals surface area contributed by atoms with Crippen LogP contribution in [0.1, 0.15) is 13.3 Å². The highest BCUT2D eigenvalue weighted by atomic mass is 32.2. The molecule has 0 bridgehead atoms. The van der Waals surface area contributed by atoms with Crippen molar-refractivity contribution in [3.8, 4) is 0 Å². The fourth-order valence-corrected chi connectivity index (χ4v) is 1.30. The first-order valence-corrected chi connectivity index (χ1v) is 4.32. The minimum Gasteiger partial charge on any atom is -0.392 e. The molecular weight excluding hydrogens is 150 g/mol. The van der Waals surface area contributed by atoms with Crippen molar-refractivity contribution >= 4 is 16.8 Å². The van der Waals surface area contributed by atoms with E-state index >= 15 is 0 Å². The second kappa shape index (κ2) is 2.80. The minimum absolute atomic E-state index is 0.0283.